The summed E-state index contributed by atoms with van der Waals surface area (Å²) in [7, 11) is 0. The molecule has 1 fully saturated rings. The van der Waals surface area contributed by atoms with E-state index < -0.39 is 0 Å². The lowest BCUT2D eigenvalue weighted by atomic mass is 9.90. The van der Waals surface area contributed by atoms with Crippen molar-refractivity contribution in [2.45, 2.75) is 37.6 Å². The minimum Gasteiger partial charge on any atom is -0.394 e. The van der Waals surface area contributed by atoms with Gasteiger partial charge in [0.05, 0.1) is 6.61 Å². The fourth-order valence-corrected chi connectivity index (χ4v) is 2.66. The summed E-state index contributed by atoms with van der Waals surface area (Å²) in [5, 5.41) is 13.2. The van der Waals surface area contributed by atoms with Crippen molar-refractivity contribution in [3.05, 3.63) is 35.9 Å². The van der Waals surface area contributed by atoms with Gasteiger partial charge < -0.3 is 15.2 Å². The van der Waals surface area contributed by atoms with Gasteiger partial charge in [-0.15, -0.1) is 0 Å². The summed E-state index contributed by atoms with van der Waals surface area (Å²) in [5.41, 5.74) is 1.27. The van der Waals surface area contributed by atoms with Gasteiger partial charge in [-0.3, -0.25) is 0 Å². The van der Waals surface area contributed by atoms with Crippen LogP contribution in [0.1, 0.15) is 37.7 Å². The molecule has 1 saturated heterocycles. The molecule has 1 aliphatic rings. The molecule has 3 heteroatoms. The zero-order chi connectivity index (χ0) is 13.6. The summed E-state index contributed by atoms with van der Waals surface area (Å²) in [4.78, 5) is 0. The summed E-state index contributed by atoms with van der Waals surface area (Å²) in [6.45, 7) is 4.91. The number of hydrogen-bond donors (Lipinski definition) is 2. The fraction of sp³-hybridized carbons (Fsp3) is 0.625. The van der Waals surface area contributed by atoms with E-state index in [1.807, 2.05) is 0 Å². The van der Waals surface area contributed by atoms with E-state index >= 15 is 0 Å². The van der Waals surface area contributed by atoms with E-state index in [1.54, 1.807) is 0 Å². The van der Waals surface area contributed by atoms with Gasteiger partial charge >= 0.3 is 0 Å². The van der Waals surface area contributed by atoms with Crippen molar-refractivity contribution in [3.63, 3.8) is 0 Å². The Morgan fingerprint density at radius 2 is 1.95 bits per heavy atom. The Balaban J connectivity index is 1.79. The first-order valence-corrected chi connectivity index (χ1v) is 7.24. The first-order chi connectivity index (χ1) is 9.26. The van der Waals surface area contributed by atoms with Crippen molar-refractivity contribution < 1.29 is 9.84 Å². The molecule has 1 atom stereocenters. The maximum absolute atomic E-state index is 9.61. The molecule has 1 aromatic carbocycles. The smallest absolute Gasteiger partial charge is 0.0615 e. The molecule has 106 valence electrons. The van der Waals surface area contributed by atoms with Crippen LogP contribution in [0.3, 0.4) is 0 Å². The van der Waals surface area contributed by atoms with Crippen molar-refractivity contribution in [2.75, 3.05) is 26.4 Å². The van der Waals surface area contributed by atoms with E-state index in [0.717, 1.165) is 39.0 Å². The van der Waals surface area contributed by atoms with Crippen molar-refractivity contribution in [2.24, 2.45) is 0 Å². The second kappa shape index (κ2) is 7.04. The molecule has 0 aromatic heterocycles. The van der Waals surface area contributed by atoms with Gasteiger partial charge in [0.1, 0.15) is 0 Å². The quantitative estimate of drug-likeness (QED) is 0.827. The van der Waals surface area contributed by atoms with E-state index in [9.17, 15) is 5.11 Å². The Bertz CT molecular complexity index is 360. The van der Waals surface area contributed by atoms with Gasteiger partial charge in [0.2, 0.25) is 0 Å². The molecule has 0 bridgehead atoms. The third kappa shape index (κ3) is 4.03. The molecule has 1 unspecified atom stereocenters. The standard InChI is InChI=1S/C16H25NO2/c1-14(15-5-3-2-4-6-15)7-10-17-16(13-18)8-11-19-12-9-16/h2-6,14,17-18H,7-13H2,1H3. The Morgan fingerprint density at radius 1 is 1.26 bits per heavy atom. The first-order valence-electron chi connectivity index (χ1n) is 7.24. The second-order valence-electron chi connectivity index (χ2n) is 5.58. The molecule has 19 heavy (non-hydrogen) atoms. The van der Waals surface area contributed by atoms with Crippen molar-refractivity contribution >= 4 is 0 Å². The van der Waals surface area contributed by atoms with Crippen LogP contribution in [0.15, 0.2) is 30.3 Å². The zero-order valence-electron chi connectivity index (χ0n) is 11.8. The first kappa shape index (κ1) is 14.5. The van der Waals surface area contributed by atoms with Crippen LogP contribution >= 0.6 is 0 Å². The van der Waals surface area contributed by atoms with E-state index in [-0.39, 0.29) is 12.1 Å². The average Bonchev–Trinajstić information content (AvgIpc) is 2.49. The van der Waals surface area contributed by atoms with Crippen LogP contribution in [-0.2, 0) is 4.74 Å². The molecule has 0 radical (unpaired) electrons. The van der Waals surface area contributed by atoms with Crippen LogP contribution in [0.2, 0.25) is 0 Å². The van der Waals surface area contributed by atoms with Gasteiger partial charge in [0.15, 0.2) is 0 Å². The number of aliphatic hydroxyl groups excluding tert-OH is 1. The molecule has 1 heterocycles. The molecule has 1 aliphatic heterocycles. The molecule has 0 saturated carbocycles. The number of rotatable bonds is 6. The zero-order valence-corrected chi connectivity index (χ0v) is 11.8. The molecule has 2 N–H and O–H groups in total. The van der Waals surface area contributed by atoms with E-state index in [2.05, 4.69) is 42.6 Å². The van der Waals surface area contributed by atoms with Gasteiger partial charge in [-0.1, -0.05) is 37.3 Å². The minimum absolute atomic E-state index is 0.116. The summed E-state index contributed by atoms with van der Waals surface area (Å²) < 4.78 is 5.37. The number of benzene rings is 1. The van der Waals surface area contributed by atoms with Gasteiger partial charge in [0, 0.05) is 18.8 Å². The van der Waals surface area contributed by atoms with Crippen LogP contribution in [0.4, 0.5) is 0 Å². The lowest BCUT2D eigenvalue weighted by Crippen LogP contribution is -2.52. The molecule has 1 aromatic rings. The largest absolute Gasteiger partial charge is 0.394 e. The summed E-state index contributed by atoms with van der Waals surface area (Å²) in [5.74, 6) is 0.546. The Hall–Kier alpha value is -0.900. The second-order valence-corrected chi connectivity index (χ2v) is 5.58. The SMILES string of the molecule is CC(CCNC1(CO)CCOCC1)c1ccccc1. The topological polar surface area (TPSA) is 41.5 Å². The fourth-order valence-electron chi connectivity index (χ4n) is 2.66. The number of aliphatic hydroxyl groups is 1. The molecule has 2 rings (SSSR count). The minimum atomic E-state index is -0.116. The Kier molecular flexibility index (Phi) is 5.37. The third-order valence-corrected chi connectivity index (χ3v) is 4.20. The summed E-state index contributed by atoms with van der Waals surface area (Å²) >= 11 is 0. The highest BCUT2D eigenvalue weighted by Gasteiger charge is 2.31. The van der Waals surface area contributed by atoms with Crippen molar-refractivity contribution in [1.29, 1.82) is 0 Å². The lowest BCUT2D eigenvalue weighted by Gasteiger charge is -2.36. The van der Waals surface area contributed by atoms with E-state index in [1.165, 1.54) is 5.56 Å². The normalized spacial score (nSPS) is 20.1. The third-order valence-electron chi connectivity index (χ3n) is 4.20. The van der Waals surface area contributed by atoms with Crippen molar-refractivity contribution in [1.82, 2.24) is 5.32 Å². The molecular formula is C16H25NO2. The van der Waals surface area contributed by atoms with Crippen LogP contribution in [0.5, 0.6) is 0 Å². The molecule has 3 nitrogen and oxygen atoms in total. The highest BCUT2D eigenvalue weighted by Crippen LogP contribution is 2.22. The predicted molar refractivity (Wildman–Crippen MR) is 77.3 cm³/mol. The summed E-state index contributed by atoms with van der Waals surface area (Å²) in [6.07, 6.45) is 2.90. The van der Waals surface area contributed by atoms with E-state index in [4.69, 9.17) is 4.74 Å². The molecule has 0 amide bonds. The lowest BCUT2D eigenvalue weighted by molar-refractivity contribution is 0.0119. The van der Waals surface area contributed by atoms with Crippen LogP contribution < -0.4 is 5.32 Å². The number of hydrogen-bond acceptors (Lipinski definition) is 3. The monoisotopic (exact) mass is 263 g/mol. The van der Waals surface area contributed by atoms with Crippen LogP contribution in [0.25, 0.3) is 0 Å². The van der Waals surface area contributed by atoms with Gasteiger partial charge in [0.25, 0.3) is 0 Å². The van der Waals surface area contributed by atoms with Gasteiger partial charge in [-0.25, -0.2) is 0 Å². The molecule has 0 aliphatic carbocycles. The maximum atomic E-state index is 9.61. The average molecular weight is 263 g/mol. The summed E-state index contributed by atoms with van der Waals surface area (Å²) in [6, 6.07) is 10.6. The highest BCUT2D eigenvalue weighted by atomic mass is 16.5. The Morgan fingerprint density at radius 3 is 2.58 bits per heavy atom. The maximum Gasteiger partial charge on any atom is 0.0615 e. The van der Waals surface area contributed by atoms with Crippen molar-refractivity contribution in [3.8, 4) is 0 Å². The van der Waals surface area contributed by atoms with E-state index in [0.29, 0.717) is 5.92 Å². The predicted octanol–water partition coefficient (Wildman–Crippen LogP) is 2.31. The van der Waals surface area contributed by atoms with Crippen LogP contribution in [0, 0.1) is 0 Å². The number of nitrogens with one attached hydrogen (secondary N) is 1. The van der Waals surface area contributed by atoms with Crippen LogP contribution in [-0.4, -0.2) is 37.0 Å². The van der Waals surface area contributed by atoms with Gasteiger partial charge in [-0.2, -0.15) is 0 Å². The van der Waals surface area contributed by atoms with Gasteiger partial charge in [-0.05, 0) is 37.3 Å². The highest BCUT2D eigenvalue weighted by molar-refractivity contribution is 5.18. The Labute approximate surface area is 116 Å². The number of ether oxygens (including phenoxy) is 1. The molecule has 0 spiro atoms. The molecular weight excluding hydrogens is 238 g/mol.